The van der Waals surface area contributed by atoms with Crippen LogP contribution in [0.15, 0.2) is 60.7 Å². The van der Waals surface area contributed by atoms with E-state index in [0.29, 0.717) is 39.3 Å². The first-order chi connectivity index (χ1) is 17.3. The van der Waals surface area contributed by atoms with Crippen LogP contribution in [0.3, 0.4) is 0 Å². The minimum absolute atomic E-state index is 0.0505. The minimum Gasteiger partial charge on any atom is -0.508 e. The number of fused-ring (bicyclic) bond motifs is 7. The summed E-state index contributed by atoms with van der Waals surface area (Å²) in [5, 5.41) is 60.4. The molecule has 0 saturated heterocycles. The van der Waals surface area contributed by atoms with E-state index in [1.54, 1.807) is 24.3 Å². The Morgan fingerprint density at radius 1 is 0.528 bits per heavy atom. The molecule has 0 radical (unpaired) electrons. The van der Waals surface area contributed by atoms with Gasteiger partial charge < -0.3 is 40.1 Å². The molecule has 1 heterocycles. The Morgan fingerprint density at radius 3 is 1.94 bits per heavy atom. The topological polar surface area (TPSA) is 140 Å². The molecule has 8 nitrogen and oxygen atoms in total. The third-order valence-electron chi connectivity index (χ3n) is 6.31. The summed E-state index contributed by atoms with van der Waals surface area (Å²) in [6.07, 6.45) is 2.04. The maximum Gasteiger partial charge on any atom is 0.166 e. The third-order valence-corrected chi connectivity index (χ3v) is 6.31. The Hall–Kier alpha value is -4.98. The van der Waals surface area contributed by atoms with Gasteiger partial charge in [-0.05, 0) is 59.2 Å². The highest BCUT2D eigenvalue weighted by atomic mass is 16.6. The van der Waals surface area contributed by atoms with E-state index < -0.39 is 12.2 Å². The van der Waals surface area contributed by atoms with Crippen molar-refractivity contribution in [3.8, 4) is 57.1 Å². The van der Waals surface area contributed by atoms with Gasteiger partial charge in [0.25, 0.3) is 0 Å². The van der Waals surface area contributed by atoms with Crippen molar-refractivity contribution in [2.45, 2.75) is 12.2 Å². The van der Waals surface area contributed by atoms with Crippen LogP contribution in [-0.4, -0.2) is 30.6 Å². The molecule has 4 aromatic rings. The Morgan fingerprint density at radius 2 is 1.17 bits per heavy atom. The van der Waals surface area contributed by atoms with E-state index in [4.69, 9.17) is 9.47 Å². The van der Waals surface area contributed by atoms with Crippen molar-refractivity contribution in [1.82, 2.24) is 0 Å². The molecule has 0 unspecified atom stereocenters. The number of hydrogen-bond acceptors (Lipinski definition) is 8. The minimum atomic E-state index is -0.741. The quantitative estimate of drug-likeness (QED) is 0.166. The van der Waals surface area contributed by atoms with E-state index in [9.17, 15) is 30.6 Å². The van der Waals surface area contributed by atoms with Gasteiger partial charge in [0, 0.05) is 28.8 Å². The Balaban J connectivity index is 1.42. The molecule has 36 heavy (non-hydrogen) atoms. The van der Waals surface area contributed by atoms with Crippen LogP contribution in [0.4, 0.5) is 0 Å². The van der Waals surface area contributed by atoms with Gasteiger partial charge in [0.1, 0.15) is 23.0 Å². The number of phenols is 6. The number of benzene rings is 4. The van der Waals surface area contributed by atoms with Crippen LogP contribution in [0.25, 0.3) is 23.3 Å². The van der Waals surface area contributed by atoms with Crippen molar-refractivity contribution in [1.29, 1.82) is 0 Å². The fraction of sp³-hybridized carbons (Fsp3) is 0.0714. The van der Waals surface area contributed by atoms with Gasteiger partial charge in [0.2, 0.25) is 0 Å². The smallest absolute Gasteiger partial charge is 0.166 e. The normalized spacial score (nSPS) is 17.3. The second-order valence-electron chi connectivity index (χ2n) is 8.76. The van der Waals surface area contributed by atoms with E-state index in [0.717, 1.165) is 5.56 Å². The van der Waals surface area contributed by atoms with Crippen LogP contribution in [-0.2, 0) is 0 Å². The number of hydrogen-bond donors (Lipinski definition) is 6. The summed E-state index contributed by atoms with van der Waals surface area (Å²) in [6, 6.07) is 15.0. The van der Waals surface area contributed by atoms with Crippen LogP contribution in [0.2, 0.25) is 0 Å². The first kappa shape index (κ1) is 21.5. The van der Waals surface area contributed by atoms with Gasteiger partial charge in [-0.1, -0.05) is 18.2 Å². The van der Waals surface area contributed by atoms with Gasteiger partial charge in [0.05, 0.1) is 0 Å². The van der Waals surface area contributed by atoms with E-state index in [1.165, 1.54) is 42.5 Å². The summed E-state index contributed by atoms with van der Waals surface area (Å²) in [5.74, 6) is -0.252. The molecule has 0 aromatic heterocycles. The van der Waals surface area contributed by atoms with E-state index in [1.807, 2.05) is 6.07 Å². The highest BCUT2D eigenvalue weighted by molar-refractivity contribution is 5.83. The van der Waals surface area contributed by atoms with Gasteiger partial charge in [-0.3, -0.25) is 0 Å². The van der Waals surface area contributed by atoms with E-state index in [-0.39, 0.29) is 34.5 Å². The molecule has 0 fully saturated rings. The van der Waals surface area contributed by atoms with E-state index >= 15 is 0 Å². The molecule has 180 valence electrons. The molecular formula is C28H20O8. The summed E-state index contributed by atoms with van der Waals surface area (Å²) >= 11 is 0. The monoisotopic (exact) mass is 484 g/mol. The zero-order valence-electron chi connectivity index (χ0n) is 18.6. The van der Waals surface area contributed by atoms with Crippen molar-refractivity contribution >= 4 is 12.2 Å². The van der Waals surface area contributed by atoms with Gasteiger partial charge in [-0.15, -0.1) is 0 Å². The number of aromatic hydroxyl groups is 6. The van der Waals surface area contributed by atoms with Crippen molar-refractivity contribution < 1.29 is 40.1 Å². The maximum atomic E-state index is 10.6. The van der Waals surface area contributed by atoms with Crippen LogP contribution in [0.5, 0.6) is 46.0 Å². The molecule has 8 heteroatoms. The van der Waals surface area contributed by atoms with Gasteiger partial charge >= 0.3 is 0 Å². The van der Waals surface area contributed by atoms with Crippen LogP contribution >= 0.6 is 0 Å². The summed E-state index contributed by atoms with van der Waals surface area (Å²) in [7, 11) is 0. The van der Waals surface area contributed by atoms with Crippen LogP contribution in [0, 0.1) is 0 Å². The Bertz CT molecular complexity index is 1550. The standard InChI is InChI=1S/C28H20O8/c29-15-5-14(6-16(30)8-15)2-1-13-3-4-24-25(7-13)36-27-19-12-22(33)21(32)11-18(19)26-20(28(27)35-24)9-17(31)10-23(26)34/h1-12,27-34H/t27-,28-/m1/s1. The summed E-state index contributed by atoms with van der Waals surface area (Å²) in [6.45, 7) is 0. The lowest BCUT2D eigenvalue weighted by molar-refractivity contribution is 0.0166. The molecule has 0 amide bonds. The van der Waals surface area contributed by atoms with Gasteiger partial charge in [-0.2, -0.15) is 0 Å². The molecule has 4 aromatic carbocycles. The fourth-order valence-corrected chi connectivity index (χ4v) is 4.77. The molecule has 0 bridgehead atoms. The molecule has 0 spiro atoms. The molecule has 1 aliphatic heterocycles. The molecule has 2 atom stereocenters. The average Bonchev–Trinajstić information content (AvgIpc) is 2.82. The highest BCUT2D eigenvalue weighted by Crippen LogP contribution is 2.57. The lowest BCUT2D eigenvalue weighted by Gasteiger charge is -2.39. The summed E-state index contributed by atoms with van der Waals surface area (Å²) in [5.41, 5.74) is 3.18. The summed E-state index contributed by atoms with van der Waals surface area (Å²) < 4.78 is 12.6. The average molecular weight is 484 g/mol. The van der Waals surface area contributed by atoms with Crippen molar-refractivity contribution in [3.05, 3.63) is 82.9 Å². The molecule has 2 aliphatic rings. The van der Waals surface area contributed by atoms with Gasteiger partial charge in [-0.25, -0.2) is 0 Å². The Labute approximate surface area is 204 Å². The second kappa shape index (κ2) is 7.78. The van der Waals surface area contributed by atoms with Crippen molar-refractivity contribution in [2.75, 3.05) is 0 Å². The largest absolute Gasteiger partial charge is 0.508 e. The number of phenolic OH excluding ortho intramolecular Hbond substituents is 6. The Kier molecular flexibility index (Phi) is 4.65. The first-order valence-electron chi connectivity index (χ1n) is 11.1. The molecule has 0 saturated carbocycles. The summed E-state index contributed by atoms with van der Waals surface area (Å²) in [4.78, 5) is 0. The number of rotatable bonds is 2. The lowest BCUT2D eigenvalue weighted by Crippen LogP contribution is -2.30. The second-order valence-corrected chi connectivity index (χ2v) is 8.76. The van der Waals surface area contributed by atoms with Crippen molar-refractivity contribution in [2.24, 2.45) is 0 Å². The third kappa shape index (κ3) is 3.47. The lowest BCUT2D eigenvalue weighted by atomic mass is 9.80. The highest BCUT2D eigenvalue weighted by Gasteiger charge is 2.42. The molecule has 1 aliphatic carbocycles. The van der Waals surface area contributed by atoms with E-state index in [2.05, 4.69) is 0 Å². The molecule has 6 N–H and O–H groups in total. The fourth-order valence-electron chi connectivity index (χ4n) is 4.77. The maximum absolute atomic E-state index is 10.6. The zero-order valence-corrected chi connectivity index (χ0v) is 18.6. The van der Waals surface area contributed by atoms with Crippen LogP contribution in [0.1, 0.15) is 34.5 Å². The predicted molar refractivity (Wildman–Crippen MR) is 130 cm³/mol. The molecule has 6 rings (SSSR count). The van der Waals surface area contributed by atoms with Gasteiger partial charge in [0.15, 0.2) is 35.2 Å². The predicted octanol–water partition coefficient (Wildman–Crippen LogP) is 5.32. The SMILES string of the molecule is Oc1cc(O)cc(C=Cc2ccc3c(c2)O[C@@H]2c4cc(O)c(O)cc4-c4c(O)cc(O)cc4[C@H]2O3)c1. The molecular weight excluding hydrogens is 464 g/mol. The number of ether oxygens (including phenoxy) is 2. The zero-order chi connectivity index (χ0) is 25.1. The first-order valence-corrected chi connectivity index (χ1v) is 11.1. The van der Waals surface area contributed by atoms with Crippen molar-refractivity contribution in [3.63, 3.8) is 0 Å². The van der Waals surface area contributed by atoms with Crippen LogP contribution < -0.4 is 9.47 Å².